The van der Waals surface area contributed by atoms with Crippen LogP contribution in [0.1, 0.15) is 33.4 Å². The van der Waals surface area contributed by atoms with Crippen molar-refractivity contribution < 1.29 is 28.5 Å². The average molecular weight is 620 g/mol. The van der Waals surface area contributed by atoms with Crippen molar-refractivity contribution >= 4 is 23.2 Å². The summed E-state index contributed by atoms with van der Waals surface area (Å²) in [5.41, 5.74) is 5.07. The summed E-state index contributed by atoms with van der Waals surface area (Å²) in [7, 11) is -0.498. The Bertz CT molecular complexity index is 1610. The van der Waals surface area contributed by atoms with Crippen molar-refractivity contribution in [2.24, 2.45) is 0 Å². The Labute approximate surface area is 266 Å². The van der Waals surface area contributed by atoms with Gasteiger partial charge in [-0.25, -0.2) is 9.59 Å². The molecule has 0 fully saturated rings. The van der Waals surface area contributed by atoms with Gasteiger partial charge in [-0.15, -0.1) is 0 Å². The fourth-order valence-electron chi connectivity index (χ4n) is 5.00. The number of hydrogen-bond acceptors (Lipinski definition) is 6. The van der Waals surface area contributed by atoms with Crippen molar-refractivity contribution in [2.45, 2.75) is 55.6 Å². The van der Waals surface area contributed by atoms with Crippen LogP contribution in [0.25, 0.3) is 0 Å². The molecule has 0 spiro atoms. The summed E-state index contributed by atoms with van der Waals surface area (Å²) in [5, 5.41) is 0. The summed E-state index contributed by atoms with van der Waals surface area (Å²) in [6.07, 6.45) is -1.49. The number of hydrogen-bond donors (Lipinski definition) is 0. The van der Waals surface area contributed by atoms with Gasteiger partial charge in [-0.1, -0.05) is 78.9 Å². The highest BCUT2D eigenvalue weighted by Crippen LogP contribution is 2.38. The van der Waals surface area contributed by atoms with Gasteiger partial charge in [0, 0.05) is 24.3 Å². The summed E-state index contributed by atoms with van der Waals surface area (Å²) in [4.78, 5) is 28.4. The first-order valence-electron chi connectivity index (χ1n) is 14.6. The van der Waals surface area contributed by atoms with Gasteiger partial charge in [0.2, 0.25) is 0 Å². The lowest BCUT2D eigenvalue weighted by atomic mass is 10.1. The van der Waals surface area contributed by atoms with Crippen LogP contribution in [0.4, 0.5) is 9.59 Å². The van der Waals surface area contributed by atoms with Gasteiger partial charge in [-0.05, 0) is 73.2 Å². The molecule has 0 heterocycles. The lowest BCUT2D eigenvalue weighted by Crippen LogP contribution is -2.14. The van der Waals surface area contributed by atoms with Crippen LogP contribution >= 0.6 is 0 Å². The minimum atomic E-state index is -0.746. The zero-order valence-corrected chi connectivity index (χ0v) is 26.6. The number of rotatable bonds is 9. The van der Waals surface area contributed by atoms with Gasteiger partial charge in [0.25, 0.3) is 0 Å². The maximum absolute atomic E-state index is 12.6. The lowest BCUT2D eigenvalue weighted by molar-refractivity contribution is 0.0913. The molecule has 0 atom stereocenters. The number of carbonyl (C=O) groups excluding carboxylic acids is 2. The van der Waals surface area contributed by atoms with Gasteiger partial charge in [0.1, 0.15) is 24.7 Å². The van der Waals surface area contributed by atoms with Crippen LogP contribution in [0, 0.1) is 27.7 Å². The molecule has 5 aromatic rings. The predicted molar refractivity (Wildman–Crippen MR) is 175 cm³/mol. The summed E-state index contributed by atoms with van der Waals surface area (Å²) < 4.78 is 22.0. The molecule has 228 valence electrons. The van der Waals surface area contributed by atoms with Crippen LogP contribution in [0.2, 0.25) is 0 Å². The van der Waals surface area contributed by atoms with E-state index in [9.17, 15) is 9.59 Å². The highest BCUT2D eigenvalue weighted by atomic mass is 32.2. The third-order valence-electron chi connectivity index (χ3n) is 7.09. The minimum Gasteiger partial charge on any atom is -0.429 e. The van der Waals surface area contributed by atoms with Crippen molar-refractivity contribution in [2.75, 3.05) is 0 Å². The Morgan fingerprint density at radius 1 is 0.489 bits per heavy atom. The molecule has 5 rings (SSSR count). The lowest BCUT2D eigenvalue weighted by Gasteiger charge is -2.16. The number of ether oxygens (including phenoxy) is 4. The van der Waals surface area contributed by atoms with Gasteiger partial charge in [-0.3, -0.25) is 0 Å². The van der Waals surface area contributed by atoms with E-state index in [1.807, 2.05) is 107 Å². The Balaban J connectivity index is 1.38. The number of aryl methyl sites for hydroxylation is 4. The number of carbonyl (C=O) groups is 2. The Morgan fingerprint density at radius 3 is 1.18 bits per heavy atom. The summed E-state index contributed by atoms with van der Waals surface area (Å²) in [6.45, 7) is 7.98. The summed E-state index contributed by atoms with van der Waals surface area (Å²) >= 11 is 0. The van der Waals surface area contributed by atoms with Gasteiger partial charge >= 0.3 is 12.3 Å². The maximum atomic E-state index is 12.6. The molecule has 0 radical (unpaired) electrons. The van der Waals surface area contributed by atoms with Crippen LogP contribution < -0.4 is 9.47 Å². The molecule has 5 aromatic carbocycles. The van der Waals surface area contributed by atoms with Crippen molar-refractivity contribution in [1.82, 2.24) is 0 Å². The first-order chi connectivity index (χ1) is 21.8. The molecule has 0 unspecified atom stereocenters. The average Bonchev–Trinajstić information content (AvgIpc) is 3.04. The molecule has 0 aliphatic carbocycles. The molecule has 0 aromatic heterocycles. The van der Waals surface area contributed by atoms with E-state index < -0.39 is 23.2 Å². The Kier molecular flexibility index (Phi) is 10.2. The van der Waals surface area contributed by atoms with E-state index in [1.54, 1.807) is 0 Å². The van der Waals surface area contributed by atoms with E-state index >= 15 is 0 Å². The van der Waals surface area contributed by atoms with Crippen LogP contribution in [-0.2, 0) is 33.6 Å². The molecule has 45 heavy (non-hydrogen) atoms. The van der Waals surface area contributed by atoms with Crippen LogP contribution in [-0.4, -0.2) is 12.3 Å². The second kappa shape index (κ2) is 14.6. The monoisotopic (exact) mass is 619 g/mol. The largest absolute Gasteiger partial charge is 0.514 e. The fourth-order valence-corrected chi connectivity index (χ4v) is 7.43. The van der Waals surface area contributed by atoms with Gasteiger partial charge in [-0.2, -0.15) is 0 Å². The van der Waals surface area contributed by atoms with Gasteiger partial charge in [0.05, 0.1) is 10.9 Å². The van der Waals surface area contributed by atoms with E-state index in [0.29, 0.717) is 11.5 Å². The van der Waals surface area contributed by atoms with E-state index in [1.165, 1.54) is 0 Å². The first-order valence-corrected chi connectivity index (χ1v) is 15.8. The fraction of sp³-hybridized carbons (Fsp3) is 0.158. The second-order valence-electron chi connectivity index (χ2n) is 10.6. The Hall–Kier alpha value is -5.01. The first kappa shape index (κ1) is 31.4. The number of benzene rings is 5. The Morgan fingerprint density at radius 2 is 0.822 bits per heavy atom. The SMILES string of the molecule is Cc1cc([S+](c2ccccc2)c2cc(C)c(OC(=O)OCc3ccccc3)c(C)c2)cc(C)c1OC(=O)OCc1ccccc1. The smallest absolute Gasteiger partial charge is 0.429 e. The normalized spacial score (nSPS) is 10.8. The third kappa shape index (κ3) is 8.13. The van der Waals surface area contributed by atoms with Crippen molar-refractivity contribution in [1.29, 1.82) is 0 Å². The van der Waals surface area contributed by atoms with Crippen molar-refractivity contribution in [3.05, 3.63) is 149 Å². The van der Waals surface area contributed by atoms with E-state index in [4.69, 9.17) is 18.9 Å². The molecule has 6 nitrogen and oxygen atoms in total. The van der Waals surface area contributed by atoms with Crippen molar-refractivity contribution in [3.63, 3.8) is 0 Å². The predicted octanol–water partition coefficient (Wildman–Crippen LogP) is 9.45. The summed E-state index contributed by atoms with van der Waals surface area (Å²) in [6, 6.07) is 37.4. The molecular formula is C38H35O6S+. The molecular weight excluding hydrogens is 584 g/mol. The van der Waals surface area contributed by atoms with Crippen LogP contribution in [0.5, 0.6) is 11.5 Å². The molecule has 0 saturated carbocycles. The summed E-state index contributed by atoms with van der Waals surface area (Å²) in [5.74, 6) is 0.970. The zero-order chi connectivity index (χ0) is 31.8. The van der Waals surface area contributed by atoms with Gasteiger partial charge in [0.15, 0.2) is 14.7 Å². The quantitative estimate of drug-likeness (QED) is 0.0930. The topological polar surface area (TPSA) is 71.1 Å². The highest BCUT2D eigenvalue weighted by Gasteiger charge is 2.32. The zero-order valence-electron chi connectivity index (χ0n) is 25.7. The van der Waals surface area contributed by atoms with Crippen LogP contribution in [0.15, 0.2) is 130 Å². The molecule has 0 aliphatic rings. The standard InChI is InChI=1S/C38H35O6S/c1-26-20-33(21-27(2)35(26)43-37(39)41-24-30-14-8-5-9-15-30)45(32-18-12-7-13-19-32)34-22-28(3)36(29(4)23-34)44-38(40)42-25-31-16-10-6-11-17-31/h5-23H,24-25H2,1-4H3/q+1. The van der Waals surface area contributed by atoms with Crippen LogP contribution in [0.3, 0.4) is 0 Å². The van der Waals surface area contributed by atoms with Crippen molar-refractivity contribution in [3.8, 4) is 11.5 Å². The van der Waals surface area contributed by atoms with E-state index in [-0.39, 0.29) is 13.2 Å². The molecule has 0 amide bonds. The molecule has 0 aliphatic heterocycles. The molecule has 0 saturated heterocycles. The molecule has 0 bridgehead atoms. The van der Waals surface area contributed by atoms with Gasteiger partial charge < -0.3 is 18.9 Å². The molecule has 7 heteroatoms. The maximum Gasteiger partial charge on any atom is 0.514 e. The van der Waals surface area contributed by atoms with E-state index in [2.05, 4.69) is 36.4 Å². The third-order valence-corrected chi connectivity index (χ3v) is 9.25. The minimum absolute atomic E-state index is 0.135. The molecule has 0 N–H and O–H groups in total. The van der Waals surface area contributed by atoms with E-state index in [0.717, 1.165) is 48.1 Å². The second-order valence-corrected chi connectivity index (χ2v) is 12.7. The highest BCUT2D eigenvalue weighted by molar-refractivity contribution is 7.97.